The zero-order valence-corrected chi connectivity index (χ0v) is 10.4. The molecule has 0 aromatic rings. The van der Waals surface area contributed by atoms with Crippen molar-refractivity contribution in [2.24, 2.45) is 5.92 Å². The second-order valence-electron chi connectivity index (χ2n) is 4.58. The van der Waals surface area contributed by atoms with Gasteiger partial charge in [0.25, 0.3) is 0 Å². The topological polar surface area (TPSA) is 50.4 Å². The summed E-state index contributed by atoms with van der Waals surface area (Å²) in [6.07, 6.45) is 3.33. The molecule has 0 saturated carbocycles. The maximum atomic E-state index is 11.5. The van der Waals surface area contributed by atoms with Crippen LogP contribution in [-0.4, -0.2) is 38.3 Å². The van der Waals surface area contributed by atoms with Gasteiger partial charge in [0.2, 0.25) is 5.91 Å². The van der Waals surface area contributed by atoms with Gasteiger partial charge in [-0.3, -0.25) is 4.79 Å². The normalized spacial score (nSPS) is 22.8. The average Bonchev–Trinajstić information content (AvgIpc) is 2.34. The third-order valence-corrected chi connectivity index (χ3v) is 3.07. The molecule has 1 fully saturated rings. The molecule has 0 spiro atoms. The first kappa shape index (κ1) is 13.5. The van der Waals surface area contributed by atoms with Gasteiger partial charge in [-0.25, -0.2) is 0 Å². The van der Waals surface area contributed by atoms with E-state index in [1.54, 1.807) is 0 Å². The lowest BCUT2D eigenvalue weighted by Crippen LogP contribution is -2.40. The number of rotatable bonds is 6. The monoisotopic (exact) mass is 228 g/mol. The molecule has 4 nitrogen and oxygen atoms in total. The Morgan fingerprint density at radius 2 is 2.38 bits per heavy atom. The second kappa shape index (κ2) is 7.63. The van der Waals surface area contributed by atoms with Gasteiger partial charge in [0.1, 0.15) is 0 Å². The molecule has 2 unspecified atom stereocenters. The van der Waals surface area contributed by atoms with Crippen LogP contribution >= 0.6 is 0 Å². The second-order valence-corrected chi connectivity index (χ2v) is 4.58. The van der Waals surface area contributed by atoms with Crippen LogP contribution in [0, 0.1) is 5.92 Å². The van der Waals surface area contributed by atoms with Crippen LogP contribution in [0.15, 0.2) is 0 Å². The average molecular weight is 228 g/mol. The van der Waals surface area contributed by atoms with Gasteiger partial charge in [0.15, 0.2) is 0 Å². The lowest BCUT2D eigenvalue weighted by Gasteiger charge is -2.22. The Labute approximate surface area is 98.1 Å². The summed E-state index contributed by atoms with van der Waals surface area (Å²) >= 11 is 0. The molecule has 4 heteroatoms. The zero-order valence-electron chi connectivity index (χ0n) is 10.4. The van der Waals surface area contributed by atoms with Gasteiger partial charge in [-0.1, -0.05) is 6.92 Å². The van der Waals surface area contributed by atoms with Gasteiger partial charge in [0, 0.05) is 19.2 Å². The van der Waals surface area contributed by atoms with Crippen molar-refractivity contribution in [3.63, 3.8) is 0 Å². The van der Waals surface area contributed by atoms with E-state index in [4.69, 9.17) is 4.74 Å². The summed E-state index contributed by atoms with van der Waals surface area (Å²) in [6.45, 7) is 7.03. The van der Waals surface area contributed by atoms with Crippen molar-refractivity contribution in [3.05, 3.63) is 0 Å². The lowest BCUT2D eigenvalue weighted by molar-refractivity contribution is -0.120. The molecule has 1 aliphatic rings. The first-order valence-electron chi connectivity index (χ1n) is 6.30. The van der Waals surface area contributed by atoms with E-state index in [0.717, 1.165) is 32.6 Å². The third-order valence-electron chi connectivity index (χ3n) is 3.07. The van der Waals surface area contributed by atoms with Crippen LogP contribution in [0.3, 0.4) is 0 Å². The summed E-state index contributed by atoms with van der Waals surface area (Å²) in [6, 6.07) is 0.406. The lowest BCUT2D eigenvalue weighted by atomic mass is 10.0. The molecule has 2 N–H and O–H groups in total. The van der Waals surface area contributed by atoms with Gasteiger partial charge in [-0.2, -0.15) is 0 Å². The van der Waals surface area contributed by atoms with Crippen LogP contribution in [0.1, 0.15) is 33.1 Å². The van der Waals surface area contributed by atoms with Gasteiger partial charge >= 0.3 is 0 Å². The smallest absolute Gasteiger partial charge is 0.233 e. The third kappa shape index (κ3) is 5.47. The molecule has 2 atom stereocenters. The fraction of sp³-hybridized carbons (Fsp3) is 0.917. The Morgan fingerprint density at radius 1 is 1.56 bits per heavy atom. The molecule has 0 radical (unpaired) electrons. The molecule has 1 aliphatic heterocycles. The number of ether oxygens (including phenoxy) is 1. The molecule has 94 valence electrons. The van der Waals surface area contributed by atoms with Crippen molar-refractivity contribution in [1.82, 2.24) is 10.6 Å². The van der Waals surface area contributed by atoms with E-state index in [0.29, 0.717) is 18.5 Å². The highest BCUT2D eigenvalue weighted by Crippen LogP contribution is 2.11. The number of amides is 1. The van der Waals surface area contributed by atoms with Crippen molar-refractivity contribution in [1.29, 1.82) is 0 Å². The molecule has 0 aromatic carbocycles. The highest BCUT2D eigenvalue weighted by atomic mass is 16.5. The first-order chi connectivity index (χ1) is 7.72. The number of hydrogen-bond acceptors (Lipinski definition) is 3. The molecule has 1 heterocycles. The van der Waals surface area contributed by atoms with E-state index in [9.17, 15) is 4.79 Å². The molecular formula is C12H24N2O2. The zero-order chi connectivity index (χ0) is 11.8. The Morgan fingerprint density at radius 3 is 3.00 bits per heavy atom. The van der Waals surface area contributed by atoms with Crippen molar-refractivity contribution in [2.45, 2.75) is 39.2 Å². The summed E-state index contributed by atoms with van der Waals surface area (Å²) in [5.74, 6) is 0.590. The van der Waals surface area contributed by atoms with Gasteiger partial charge < -0.3 is 15.4 Å². The van der Waals surface area contributed by atoms with Crippen LogP contribution in [0.25, 0.3) is 0 Å². The fourth-order valence-electron chi connectivity index (χ4n) is 1.70. The Kier molecular flexibility index (Phi) is 6.42. The Hall–Kier alpha value is -0.610. The minimum Gasteiger partial charge on any atom is -0.381 e. The predicted octanol–water partition coefficient (Wildman–Crippen LogP) is 0.917. The van der Waals surface area contributed by atoms with E-state index in [-0.39, 0.29) is 5.91 Å². The van der Waals surface area contributed by atoms with E-state index in [1.165, 1.54) is 6.42 Å². The molecule has 1 rings (SSSR count). The summed E-state index contributed by atoms with van der Waals surface area (Å²) in [5, 5.41) is 6.13. The molecule has 16 heavy (non-hydrogen) atoms. The largest absolute Gasteiger partial charge is 0.381 e. The summed E-state index contributed by atoms with van der Waals surface area (Å²) in [7, 11) is 0. The van der Waals surface area contributed by atoms with E-state index in [2.05, 4.69) is 24.5 Å². The van der Waals surface area contributed by atoms with Gasteiger partial charge in [0.05, 0.1) is 13.2 Å². The summed E-state index contributed by atoms with van der Waals surface area (Å²) < 4.78 is 5.36. The van der Waals surface area contributed by atoms with Crippen molar-refractivity contribution >= 4 is 5.91 Å². The van der Waals surface area contributed by atoms with Crippen molar-refractivity contribution in [2.75, 3.05) is 26.3 Å². The number of carbonyl (C=O) groups excluding carboxylic acids is 1. The standard InChI is InChI=1S/C12H24N2O2/c1-3-10(2)13-8-12(15)14-7-11-5-4-6-16-9-11/h10-11,13H,3-9H2,1-2H3,(H,14,15). The molecule has 0 bridgehead atoms. The van der Waals surface area contributed by atoms with E-state index >= 15 is 0 Å². The molecule has 0 aromatic heterocycles. The highest BCUT2D eigenvalue weighted by molar-refractivity contribution is 5.77. The molecule has 1 amide bonds. The number of hydrogen-bond donors (Lipinski definition) is 2. The minimum atomic E-state index is 0.0888. The van der Waals surface area contributed by atoms with Gasteiger partial charge in [-0.15, -0.1) is 0 Å². The van der Waals surface area contributed by atoms with Crippen LogP contribution in [0.4, 0.5) is 0 Å². The maximum Gasteiger partial charge on any atom is 0.233 e. The summed E-state index contributed by atoms with van der Waals surface area (Å²) in [4.78, 5) is 11.5. The fourth-order valence-corrected chi connectivity index (χ4v) is 1.70. The number of nitrogens with one attached hydrogen (secondary N) is 2. The molecular weight excluding hydrogens is 204 g/mol. The van der Waals surface area contributed by atoms with Crippen LogP contribution < -0.4 is 10.6 Å². The summed E-state index contributed by atoms with van der Waals surface area (Å²) in [5.41, 5.74) is 0. The van der Waals surface area contributed by atoms with Crippen LogP contribution in [0.5, 0.6) is 0 Å². The highest BCUT2D eigenvalue weighted by Gasteiger charge is 2.14. The quantitative estimate of drug-likeness (QED) is 0.710. The van der Waals surface area contributed by atoms with Gasteiger partial charge in [-0.05, 0) is 32.1 Å². The SMILES string of the molecule is CCC(C)NCC(=O)NCC1CCCOC1. The molecule has 0 aliphatic carbocycles. The van der Waals surface area contributed by atoms with E-state index < -0.39 is 0 Å². The van der Waals surface area contributed by atoms with Crippen molar-refractivity contribution in [3.8, 4) is 0 Å². The first-order valence-corrected chi connectivity index (χ1v) is 6.30. The van der Waals surface area contributed by atoms with Crippen LogP contribution in [-0.2, 0) is 9.53 Å². The minimum absolute atomic E-state index is 0.0888. The van der Waals surface area contributed by atoms with Crippen LogP contribution in [0.2, 0.25) is 0 Å². The number of carbonyl (C=O) groups is 1. The predicted molar refractivity (Wildman–Crippen MR) is 64.3 cm³/mol. The van der Waals surface area contributed by atoms with Crippen molar-refractivity contribution < 1.29 is 9.53 Å². The Balaban J connectivity index is 2.05. The maximum absolute atomic E-state index is 11.5. The van der Waals surface area contributed by atoms with E-state index in [1.807, 2.05) is 0 Å². The Bertz CT molecular complexity index is 203. The molecule has 1 saturated heterocycles.